The van der Waals surface area contributed by atoms with E-state index in [0.717, 1.165) is 4.90 Å². The van der Waals surface area contributed by atoms with Gasteiger partial charge in [-0.2, -0.15) is 0 Å². The maximum atomic E-state index is 13.2. The third kappa shape index (κ3) is 4.30. The number of hydrogen-bond acceptors (Lipinski definition) is 4. The van der Waals surface area contributed by atoms with Gasteiger partial charge in [-0.15, -0.1) is 0 Å². The Kier molecular flexibility index (Phi) is 5.36. The minimum Gasteiger partial charge on any atom is -0.467 e. The van der Waals surface area contributed by atoms with Gasteiger partial charge in [0.25, 0.3) is 5.91 Å². The molecule has 0 saturated carbocycles. The van der Waals surface area contributed by atoms with Crippen molar-refractivity contribution >= 4 is 23.4 Å². The van der Waals surface area contributed by atoms with E-state index < -0.39 is 23.7 Å². The Morgan fingerprint density at radius 1 is 1.21 bits per heavy atom. The van der Waals surface area contributed by atoms with Crippen molar-refractivity contribution in [3.63, 3.8) is 0 Å². The molecule has 1 atom stereocenters. The SMILES string of the molecule is CC(C)(C)CC(=O)N(Cc1ccco1)C1CC(=O)N(c2ccc(F)cc2)C1=O. The van der Waals surface area contributed by atoms with E-state index in [9.17, 15) is 18.8 Å². The van der Waals surface area contributed by atoms with Gasteiger partial charge in [-0.25, -0.2) is 9.29 Å². The normalized spacial score (nSPS) is 17.3. The first kappa shape index (κ1) is 19.8. The number of halogens is 1. The van der Waals surface area contributed by atoms with Gasteiger partial charge in [0.05, 0.1) is 24.9 Å². The molecule has 0 radical (unpaired) electrons. The van der Waals surface area contributed by atoms with Gasteiger partial charge in [0.15, 0.2) is 0 Å². The molecule has 1 saturated heterocycles. The van der Waals surface area contributed by atoms with Crippen molar-refractivity contribution in [2.45, 2.75) is 46.2 Å². The Balaban J connectivity index is 1.88. The van der Waals surface area contributed by atoms with Gasteiger partial charge >= 0.3 is 0 Å². The van der Waals surface area contributed by atoms with E-state index in [4.69, 9.17) is 4.42 Å². The van der Waals surface area contributed by atoms with Crippen LogP contribution < -0.4 is 4.90 Å². The Morgan fingerprint density at radius 2 is 1.89 bits per heavy atom. The molecular formula is C21H23FN2O4. The first-order chi connectivity index (χ1) is 13.2. The monoisotopic (exact) mass is 386 g/mol. The highest BCUT2D eigenvalue weighted by atomic mass is 19.1. The third-order valence-corrected chi connectivity index (χ3v) is 4.49. The van der Waals surface area contributed by atoms with Crippen molar-refractivity contribution in [2.24, 2.45) is 5.41 Å². The van der Waals surface area contributed by atoms with Crippen LogP contribution in [0.2, 0.25) is 0 Å². The van der Waals surface area contributed by atoms with Crippen LogP contribution in [0.25, 0.3) is 0 Å². The minimum absolute atomic E-state index is 0.100. The van der Waals surface area contributed by atoms with E-state index in [-0.39, 0.29) is 30.7 Å². The summed E-state index contributed by atoms with van der Waals surface area (Å²) in [7, 11) is 0. The predicted molar refractivity (Wildman–Crippen MR) is 101 cm³/mol. The summed E-state index contributed by atoms with van der Waals surface area (Å²) in [6.07, 6.45) is 1.60. The van der Waals surface area contributed by atoms with Crippen molar-refractivity contribution in [1.29, 1.82) is 0 Å². The molecule has 0 spiro atoms. The molecule has 1 aliphatic heterocycles. The number of furan rings is 1. The fourth-order valence-electron chi connectivity index (χ4n) is 3.22. The average Bonchev–Trinajstić information content (AvgIpc) is 3.20. The standard InChI is InChI=1S/C21H23FN2O4/c1-21(2,3)12-19(26)23(13-16-5-4-10-28-16)17-11-18(25)24(20(17)27)15-8-6-14(22)7-9-15/h4-10,17H,11-13H2,1-3H3. The smallest absolute Gasteiger partial charge is 0.257 e. The Labute approximate surface area is 162 Å². The van der Waals surface area contributed by atoms with E-state index in [1.165, 1.54) is 35.4 Å². The van der Waals surface area contributed by atoms with Crippen LogP contribution in [0.4, 0.5) is 10.1 Å². The van der Waals surface area contributed by atoms with Crippen molar-refractivity contribution in [3.8, 4) is 0 Å². The van der Waals surface area contributed by atoms with Crippen LogP contribution >= 0.6 is 0 Å². The molecule has 148 valence electrons. The molecule has 3 rings (SSSR count). The van der Waals surface area contributed by atoms with E-state index in [1.807, 2.05) is 20.8 Å². The first-order valence-electron chi connectivity index (χ1n) is 9.10. The van der Waals surface area contributed by atoms with Gasteiger partial charge in [0.2, 0.25) is 11.8 Å². The predicted octanol–water partition coefficient (Wildman–Crippen LogP) is 3.52. The zero-order valence-electron chi connectivity index (χ0n) is 16.1. The summed E-state index contributed by atoms with van der Waals surface area (Å²) in [5.41, 5.74) is 0.0148. The van der Waals surface area contributed by atoms with Crippen molar-refractivity contribution in [1.82, 2.24) is 4.90 Å². The number of amides is 3. The molecule has 3 amide bonds. The molecule has 1 fully saturated rings. The molecule has 1 aromatic heterocycles. The van der Waals surface area contributed by atoms with Gasteiger partial charge in [0.1, 0.15) is 17.6 Å². The van der Waals surface area contributed by atoms with E-state index in [0.29, 0.717) is 11.4 Å². The molecule has 7 heteroatoms. The number of carbonyl (C=O) groups excluding carboxylic acids is 3. The molecule has 0 aliphatic carbocycles. The minimum atomic E-state index is -0.919. The number of anilines is 1. The lowest BCUT2D eigenvalue weighted by atomic mass is 9.91. The quantitative estimate of drug-likeness (QED) is 0.738. The molecule has 1 aromatic carbocycles. The molecular weight excluding hydrogens is 363 g/mol. The van der Waals surface area contributed by atoms with Crippen LogP contribution in [0.5, 0.6) is 0 Å². The topological polar surface area (TPSA) is 70.8 Å². The number of imide groups is 1. The number of benzene rings is 1. The van der Waals surface area contributed by atoms with Crippen LogP contribution in [-0.4, -0.2) is 28.7 Å². The summed E-state index contributed by atoms with van der Waals surface area (Å²) >= 11 is 0. The van der Waals surface area contributed by atoms with Crippen molar-refractivity contribution in [2.75, 3.05) is 4.90 Å². The summed E-state index contributed by atoms with van der Waals surface area (Å²) in [5, 5.41) is 0. The van der Waals surface area contributed by atoms with E-state index in [1.54, 1.807) is 12.1 Å². The largest absolute Gasteiger partial charge is 0.467 e. The highest BCUT2D eigenvalue weighted by Crippen LogP contribution is 2.29. The fourth-order valence-corrected chi connectivity index (χ4v) is 3.22. The van der Waals surface area contributed by atoms with Crippen LogP contribution in [0.15, 0.2) is 47.1 Å². The van der Waals surface area contributed by atoms with Gasteiger partial charge in [-0.05, 0) is 41.8 Å². The summed E-state index contributed by atoms with van der Waals surface area (Å²) in [6.45, 7) is 5.90. The van der Waals surface area contributed by atoms with Crippen molar-refractivity contribution in [3.05, 3.63) is 54.2 Å². The molecule has 0 bridgehead atoms. The summed E-state index contributed by atoms with van der Waals surface area (Å²) < 4.78 is 18.5. The number of carbonyl (C=O) groups is 3. The summed E-state index contributed by atoms with van der Waals surface area (Å²) in [5.74, 6) is -1.07. The Hall–Kier alpha value is -2.96. The maximum absolute atomic E-state index is 13.2. The second-order valence-electron chi connectivity index (χ2n) is 8.10. The van der Waals surface area contributed by atoms with E-state index in [2.05, 4.69) is 0 Å². The lowest BCUT2D eigenvalue weighted by molar-refractivity contribution is -0.140. The molecule has 0 N–H and O–H groups in total. The van der Waals surface area contributed by atoms with E-state index >= 15 is 0 Å². The average molecular weight is 386 g/mol. The number of hydrogen-bond donors (Lipinski definition) is 0. The number of rotatable bonds is 5. The molecule has 2 aromatic rings. The summed E-state index contributed by atoms with van der Waals surface area (Å²) in [4.78, 5) is 41.0. The van der Waals surface area contributed by atoms with Gasteiger partial charge < -0.3 is 9.32 Å². The van der Waals surface area contributed by atoms with Gasteiger partial charge in [-0.1, -0.05) is 20.8 Å². The Bertz CT molecular complexity index is 869. The van der Waals surface area contributed by atoms with Crippen LogP contribution in [0.3, 0.4) is 0 Å². The fraction of sp³-hybridized carbons (Fsp3) is 0.381. The molecule has 28 heavy (non-hydrogen) atoms. The zero-order valence-corrected chi connectivity index (χ0v) is 16.1. The highest BCUT2D eigenvalue weighted by molar-refractivity contribution is 6.23. The van der Waals surface area contributed by atoms with Crippen LogP contribution in [0.1, 0.15) is 39.4 Å². The lowest BCUT2D eigenvalue weighted by Gasteiger charge is -2.29. The van der Waals surface area contributed by atoms with Crippen molar-refractivity contribution < 1.29 is 23.2 Å². The Morgan fingerprint density at radius 3 is 2.46 bits per heavy atom. The van der Waals surface area contributed by atoms with Gasteiger partial charge in [-0.3, -0.25) is 14.4 Å². The highest BCUT2D eigenvalue weighted by Gasteiger charge is 2.44. The molecule has 2 heterocycles. The first-order valence-corrected chi connectivity index (χ1v) is 9.10. The molecule has 6 nitrogen and oxygen atoms in total. The maximum Gasteiger partial charge on any atom is 0.257 e. The molecule has 1 aliphatic rings. The third-order valence-electron chi connectivity index (χ3n) is 4.49. The molecule has 1 unspecified atom stereocenters. The summed E-state index contributed by atoms with van der Waals surface area (Å²) in [6, 6.07) is 7.63. The van der Waals surface area contributed by atoms with Crippen LogP contribution in [0, 0.1) is 11.2 Å². The lowest BCUT2D eigenvalue weighted by Crippen LogP contribution is -2.45. The second kappa shape index (κ2) is 7.58. The number of nitrogens with zero attached hydrogens (tertiary/aromatic N) is 2. The zero-order chi connectivity index (χ0) is 20.5. The van der Waals surface area contributed by atoms with Gasteiger partial charge in [0, 0.05) is 6.42 Å². The second-order valence-corrected chi connectivity index (χ2v) is 8.10. The van der Waals surface area contributed by atoms with Crippen LogP contribution in [-0.2, 0) is 20.9 Å².